The number of carbonyl (C=O) groups excluding carboxylic acids is 3. The third-order valence-corrected chi connectivity index (χ3v) is 4.09. The molecule has 3 rings (SSSR count). The van der Waals surface area contributed by atoms with Crippen LogP contribution < -0.4 is 0 Å². The molecule has 0 radical (unpaired) electrons. The van der Waals surface area contributed by atoms with Crippen LogP contribution in [0.2, 0.25) is 0 Å². The maximum Gasteiger partial charge on any atom is 0.260 e. The maximum atomic E-state index is 12.3. The minimum Gasteiger partial charge on any atom is -0.289 e. The van der Waals surface area contributed by atoms with Crippen molar-refractivity contribution in [3.05, 3.63) is 57.3 Å². The third kappa shape index (κ3) is 1.96. The summed E-state index contributed by atoms with van der Waals surface area (Å²) < 4.78 is 0. The van der Waals surface area contributed by atoms with Crippen molar-refractivity contribution in [3.63, 3.8) is 0 Å². The van der Waals surface area contributed by atoms with E-state index >= 15 is 0 Å². The van der Waals surface area contributed by atoms with E-state index in [4.69, 9.17) is 0 Å². The first-order valence-corrected chi connectivity index (χ1v) is 7.03. The number of likely N-dealkylation sites (N-methyl/N-ethyl adjacent to an activating group) is 1. The van der Waals surface area contributed by atoms with E-state index in [9.17, 15) is 14.4 Å². The Bertz CT molecular complexity index is 719. The summed E-state index contributed by atoms with van der Waals surface area (Å²) >= 11 is 1.45. The van der Waals surface area contributed by atoms with Gasteiger partial charge in [0.05, 0.1) is 6.42 Å². The summed E-state index contributed by atoms with van der Waals surface area (Å²) in [7, 11) is 1.46. The Morgan fingerprint density at radius 3 is 2.70 bits per heavy atom. The van der Waals surface area contributed by atoms with Crippen molar-refractivity contribution < 1.29 is 14.4 Å². The zero-order chi connectivity index (χ0) is 14.3. The van der Waals surface area contributed by atoms with Gasteiger partial charge in [0.25, 0.3) is 5.91 Å². The first-order valence-electron chi connectivity index (χ1n) is 6.08. The van der Waals surface area contributed by atoms with Crippen molar-refractivity contribution in [2.45, 2.75) is 6.42 Å². The lowest BCUT2D eigenvalue weighted by molar-refractivity contribution is -0.127. The Kier molecular flexibility index (Phi) is 2.99. The number of nitrogens with zero attached hydrogens (tertiary/aromatic N) is 1. The Balaban J connectivity index is 2.04. The molecule has 2 aromatic rings. The van der Waals surface area contributed by atoms with Crippen molar-refractivity contribution >= 4 is 28.9 Å². The molecular weight excluding hydrogens is 274 g/mol. The average molecular weight is 285 g/mol. The highest BCUT2D eigenvalue weighted by Gasteiger charge is 2.28. The summed E-state index contributed by atoms with van der Waals surface area (Å²) in [5, 5.41) is 3.61. The quantitative estimate of drug-likeness (QED) is 0.627. The number of imide groups is 1. The van der Waals surface area contributed by atoms with Gasteiger partial charge in [0.1, 0.15) is 0 Å². The van der Waals surface area contributed by atoms with Crippen LogP contribution in [-0.2, 0) is 11.2 Å². The standard InChI is InChI=1S/C15H11NO3S/c1-16-13(17)7-9-2-3-10(6-12(9)15(16)19)14(18)11-4-5-20-8-11/h2-6,8H,7H2,1H3. The Morgan fingerprint density at radius 2 is 2.00 bits per heavy atom. The zero-order valence-corrected chi connectivity index (χ0v) is 11.6. The van der Waals surface area contributed by atoms with Gasteiger partial charge in [-0.3, -0.25) is 19.3 Å². The lowest BCUT2D eigenvalue weighted by atomic mass is 9.94. The Morgan fingerprint density at radius 1 is 1.20 bits per heavy atom. The average Bonchev–Trinajstić information content (AvgIpc) is 2.98. The molecule has 0 bridgehead atoms. The molecule has 0 saturated heterocycles. The number of hydrogen-bond acceptors (Lipinski definition) is 4. The highest BCUT2D eigenvalue weighted by Crippen LogP contribution is 2.22. The van der Waals surface area contributed by atoms with Gasteiger partial charge in [0.2, 0.25) is 5.91 Å². The smallest absolute Gasteiger partial charge is 0.260 e. The van der Waals surface area contributed by atoms with E-state index < -0.39 is 0 Å². The Hall–Kier alpha value is -2.27. The molecule has 0 saturated carbocycles. The highest BCUT2D eigenvalue weighted by molar-refractivity contribution is 7.08. The van der Waals surface area contributed by atoms with Crippen LogP contribution in [0, 0.1) is 0 Å². The SMILES string of the molecule is CN1C(=O)Cc2ccc(C(=O)c3ccsc3)cc2C1=O. The van der Waals surface area contributed by atoms with Crippen LogP contribution in [0.3, 0.4) is 0 Å². The molecule has 5 heteroatoms. The molecule has 1 aromatic carbocycles. The summed E-state index contributed by atoms with van der Waals surface area (Å²) in [5.74, 6) is -0.683. The van der Waals surface area contributed by atoms with Crippen molar-refractivity contribution in [2.75, 3.05) is 7.05 Å². The number of thiophene rings is 1. The van der Waals surface area contributed by atoms with E-state index in [1.54, 1.807) is 29.6 Å². The molecule has 0 spiro atoms. The van der Waals surface area contributed by atoms with Gasteiger partial charge in [-0.05, 0) is 23.1 Å². The summed E-state index contributed by atoms with van der Waals surface area (Å²) in [6, 6.07) is 6.70. The molecule has 0 N–H and O–H groups in total. The predicted octanol–water partition coefficient (Wildman–Crippen LogP) is 2.13. The topological polar surface area (TPSA) is 54.5 Å². The lowest BCUT2D eigenvalue weighted by Gasteiger charge is -2.23. The molecule has 1 aliphatic heterocycles. The van der Waals surface area contributed by atoms with Crippen molar-refractivity contribution in [1.29, 1.82) is 0 Å². The number of hydrogen-bond donors (Lipinski definition) is 0. The molecular formula is C15H11NO3S. The number of fused-ring (bicyclic) bond motifs is 1. The lowest BCUT2D eigenvalue weighted by Crippen LogP contribution is -2.39. The van der Waals surface area contributed by atoms with E-state index in [2.05, 4.69) is 0 Å². The Labute approximate surface area is 119 Å². The normalized spacial score (nSPS) is 14.3. The largest absolute Gasteiger partial charge is 0.289 e. The van der Waals surface area contributed by atoms with Gasteiger partial charge in [-0.1, -0.05) is 12.1 Å². The molecule has 0 aliphatic carbocycles. The van der Waals surface area contributed by atoms with Gasteiger partial charge in [-0.2, -0.15) is 11.3 Å². The molecule has 2 amide bonds. The van der Waals surface area contributed by atoms with Crippen molar-refractivity contribution in [2.24, 2.45) is 0 Å². The van der Waals surface area contributed by atoms with Crippen LogP contribution in [0.15, 0.2) is 35.0 Å². The van der Waals surface area contributed by atoms with Crippen LogP contribution in [-0.4, -0.2) is 29.5 Å². The van der Waals surface area contributed by atoms with Crippen LogP contribution in [0.25, 0.3) is 0 Å². The molecule has 1 aromatic heterocycles. The van der Waals surface area contributed by atoms with E-state index in [-0.39, 0.29) is 24.0 Å². The van der Waals surface area contributed by atoms with Gasteiger partial charge < -0.3 is 0 Å². The summed E-state index contributed by atoms with van der Waals surface area (Å²) in [4.78, 5) is 37.1. The van der Waals surface area contributed by atoms with Gasteiger partial charge >= 0.3 is 0 Å². The molecule has 2 heterocycles. The number of ketones is 1. The van der Waals surface area contributed by atoms with Crippen LogP contribution >= 0.6 is 11.3 Å². The van der Waals surface area contributed by atoms with Gasteiger partial charge in [-0.25, -0.2) is 0 Å². The molecule has 0 unspecified atom stereocenters. The number of carbonyl (C=O) groups is 3. The van der Waals surface area contributed by atoms with Gasteiger partial charge in [0, 0.05) is 29.1 Å². The molecule has 0 atom stereocenters. The number of rotatable bonds is 2. The maximum absolute atomic E-state index is 12.3. The second-order valence-corrected chi connectivity index (χ2v) is 5.43. The number of amides is 2. The summed E-state index contributed by atoms with van der Waals surface area (Å²) in [6.07, 6.45) is 0.199. The zero-order valence-electron chi connectivity index (χ0n) is 10.8. The van der Waals surface area contributed by atoms with Gasteiger partial charge in [-0.15, -0.1) is 0 Å². The fourth-order valence-electron chi connectivity index (χ4n) is 2.21. The second-order valence-electron chi connectivity index (χ2n) is 4.65. The highest BCUT2D eigenvalue weighted by atomic mass is 32.1. The fourth-order valence-corrected chi connectivity index (χ4v) is 2.84. The third-order valence-electron chi connectivity index (χ3n) is 3.41. The van der Waals surface area contributed by atoms with Gasteiger partial charge in [0.15, 0.2) is 5.78 Å². The minimum atomic E-state index is -0.351. The molecule has 0 fully saturated rings. The van der Waals surface area contributed by atoms with Crippen molar-refractivity contribution in [3.8, 4) is 0 Å². The first-order chi connectivity index (χ1) is 9.58. The van der Waals surface area contributed by atoms with E-state index in [1.807, 2.05) is 5.38 Å². The van der Waals surface area contributed by atoms with E-state index in [1.165, 1.54) is 18.4 Å². The molecule has 20 heavy (non-hydrogen) atoms. The number of benzene rings is 1. The molecule has 1 aliphatic rings. The first kappa shape index (κ1) is 12.7. The summed E-state index contributed by atoms with van der Waals surface area (Å²) in [6.45, 7) is 0. The molecule has 4 nitrogen and oxygen atoms in total. The van der Waals surface area contributed by atoms with Crippen LogP contribution in [0.1, 0.15) is 31.8 Å². The monoisotopic (exact) mass is 285 g/mol. The van der Waals surface area contributed by atoms with Crippen LogP contribution in [0.5, 0.6) is 0 Å². The second kappa shape index (κ2) is 4.68. The van der Waals surface area contributed by atoms with E-state index in [0.29, 0.717) is 22.3 Å². The van der Waals surface area contributed by atoms with Crippen molar-refractivity contribution in [1.82, 2.24) is 4.90 Å². The summed E-state index contributed by atoms with van der Waals surface area (Å²) in [5.41, 5.74) is 2.20. The minimum absolute atomic E-state index is 0.110. The fraction of sp³-hybridized carbons (Fsp3) is 0.133. The molecule has 100 valence electrons. The van der Waals surface area contributed by atoms with E-state index in [0.717, 1.165) is 4.90 Å². The predicted molar refractivity (Wildman–Crippen MR) is 75.0 cm³/mol. The van der Waals surface area contributed by atoms with Crippen LogP contribution in [0.4, 0.5) is 0 Å².